The van der Waals surface area contributed by atoms with Crippen molar-refractivity contribution in [3.63, 3.8) is 0 Å². The average Bonchev–Trinajstić information content (AvgIpc) is 2.94. The van der Waals surface area contributed by atoms with Gasteiger partial charge in [0.05, 0.1) is 17.2 Å². The van der Waals surface area contributed by atoms with Crippen molar-refractivity contribution < 1.29 is 22.7 Å². The summed E-state index contributed by atoms with van der Waals surface area (Å²) < 4.78 is 36.1. The first-order valence-electron chi connectivity index (χ1n) is 7.27. The van der Waals surface area contributed by atoms with Crippen molar-refractivity contribution in [1.82, 2.24) is 20.2 Å². The summed E-state index contributed by atoms with van der Waals surface area (Å²) in [5.41, 5.74) is 0.00607. The third-order valence-corrected chi connectivity index (χ3v) is 4.74. The topological polar surface area (TPSA) is 113 Å². The number of hydrogen-bond donors (Lipinski definition) is 0. The molecule has 1 unspecified atom stereocenters. The standard InChI is InChI=1S/C14H17ClN4O5S/c1-5-23-14(20)10-6-7-11(25(4,21)22)13(12(10)15)24-9(3)19-8(2)16-17-18-19/h6-7,9H,5H2,1-4H3. The summed E-state index contributed by atoms with van der Waals surface area (Å²) >= 11 is 6.24. The number of aryl methyl sites for hydroxylation is 1. The number of carbonyl (C=O) groups is 1. The summed E-state index contributed by atoms with van der Waals surface area (Å²) in [5, 5.41) is 10.9. The molecule has 0 amide bonds. The molecule has 25 heavy (non-hydrogen) atoms. The number of sulfone groups is 1. The number of tetrazole rings is 1. The number of esters is 1. The van der Waals surface area contributed by atoms with E-state index in [9.17, 15) is 13.2 Å². The second kappa shape index (κ2) is 7.36. The maximum absolute atomic E-state index is 12.0. The van der Waals surface area contributed by atoms with Crippen molar-refractivity contribution in [1.29, 1.82) is 0 Å². The number of ether oxygens (including phenoxy) is 2. The number of benzene rings is 1. The minimum Gasteiger partial charge on any atom is -0.466 e. The van der Waals surface area contributed by atoms with Gasteiger partial charge in [-0.3, -0.25) is 0 Å². The van der Waals surface area contributed by atoms with E-state index in [0.29, 0.717) is 5.82 Å². The van der Waals surface area contributed by atoms with Crippen molar-refractivity contribution in [3.05, 3.63) is 28.5 Å². The average molecular weight is 389 g/mol. The zero-order valence-corrected chi connectivity index (χ0v) is 15.6. The lowest BCUT2D eigenvalue weighted by molar-refractivity contribution is 0.0524. The molecule has 0 spiro atoms. The van der Waals surface area contributed by atoms with Gasteiger partial charge in [0.1, 0.15) is 4.90 Å². The van der Waals surface area contributed by atoms with Crippen LogP contribution in [0.3, 0.4) is 0 Å². The Bertz CT molecular complexity index is 897. The van der Waals surface area contributed by atoms with Gasteiger partial charge >= 0.3 is 5.97 Å². The zero-order chi connectivity index (χ0) is 18.8. The number of halogens is 1. The summed E-state index contributed by atoms with van der Waals surface area (Å²) in [4.78, 5) is 11.8. The van der Waals surface area contributed by atoms with E-state index in [2.05, 4.69) is 15.5 Å². The summed E-state index contributed by atoms with van der Waals surface area (Å²) in [6.45, 7) is 5.08. The fourth-order valence-electron chi connectivity index (χ4n) is 2.10. The van der Waals surface area contributed by atoms with Gasteiger partial charge in [-0.1, -0.05) is 11.6 Å². The summed E-state index contributed by atoms with van der Waals surface area (Å²) in [6.07, 6.45) is 0.258. The molecule has 136 valence electrons. The first kappa shape index (κ1) is 19.1. The minimum absolute atomic E-state index is 0.00607. The van der Waals surface area contributed by atoms with Crippen molar-refractivity contribution in [2.75, 3.05) is 12.9 Å². The van der Waals surface area contributed by atoms with E-state index in [1.807, 2.05) is 0 Å². The Balaban J connectivity index is 2.54. The molecule has 1 heterocycles. The molecule has 2 aromatic rings. The van der Waals surface area contributed by atoms with E-state index < -0.39 is 22.0 Å². The van der Waals surface area contributed by atoms with Gasteiger partial charge < -0.3 is 9.47 Å². The molecule has 0 aliphatic heterocycles. The SMILES string of the molecule is CCOC(=O)c1ccc(S(C)(=O)=O)c(OC(C)n2nnnc2C)c1Cl. The highest BCUT2D eigenvalue weighted by Gasteiger charge is 2.26. The van der Waals surface area contributed by atoms with Crippen LogP contribution in [0, 0.1) is 6.92 Å². The Hall–Kier alpha value is -2.20. The number of rotatable bonds is 6. The molecule has 1 aromatic heterocycles. The van der Waals surface area contributed by atoms with E-state index in [-0.39, 0.29) is 27.8 Å². The lowest BCUT2D eigenvalue weighted by Crippen LogP contribution is -2.18. The summed E-state index contributed by atoms with van der Waals surface area (Å²) in [6, 6.07) is 2.54. The van der Waals surface area contributed by atoms with Crippen LogP contribution in [0.4, 0.5) is 0 Å². The molecule has 0 bridgehead atoms. The van der Waals surface area contributed by atoms with Crippen LogP contribution in [0.15, 0.2) is 17.0 Å². The molecular formula is C14H17ClN4O5S. The lowest BCUT2D eigenvalue weighted by Gasteiger charge is -2.19. The van der Waals surface area contributed by atoms with Crippen LogP contribution in [-0.4, -0.2) is 47.5 Å². The third-order valence-electron chi connectivity index (χ3n) is 3.25. The van der Waals surface area contributed by atoms with Gasteiger partial charge in [-0.2, -0.15) is 4.68 Å². The van der Waals surface area contributed by atoms with E-state index in [1.54, 1.807) is 20.8 Å². The summed E-state index contributed by atoms with van der Waals surface area (Å²) in [5.74, 6) is -0.369. The number of nitrogens with zero attached hydrogens (tertiary/aromatic N) is 4. The molecule has 0 aliphatic carbocycles. The molecule has 0 N–H and O–H groups in total. The molecule has 2 rings (SSSR count). The molecule has 1 aromatic carbocycles. The quantitative estimate of drug-likeness (QED) is 0.688. The molecule has 0 fully saturated rings. The Morgan fingerprint density at radius 3 is 2.60 bits per heavy atom. The van der Waals surface area contributed by atoms with Crippen LogP contribution in [0.25, 0.3) is 0 Å². The highest BCUT2D eigenvalue weighted by atomic mass is 35.5. The fraction of sp³-hybridized carbons (Fsp3) is 0.429. The molecule has 0 saturated carbocycles. The van der Waals surface area contributed by atoms with Gasteiger partial charge in [-0.15, -0.1) is 5.10 Å². The van der Waals surface area contributed by atoms with Gasteiger partial charge in [0.15, 0.2) is 27.6 Å². The molecule has 0 aliphatic rings. The highest BCUT2D eigenvalue weighted by Crippen LogP contribution is 2.37. The Labute approximate surface area is 149 Å². The Morgan fingerprint density at radius 1 is 1.40 bits per heavy atom. The van der Waals surface area contributed by atoms with Gasteiger partial charge in [0, 0.05) is 6.26 Å². The zero-order valence-electron chi connectivity index (χ0n) is 14.1. The molecular weight excluding hydrogens is 372 g/mol. The van der Waals surface area contributed by atoms with Crippen molar-refractivity contribution in [2.24, 2.45) is 0 Å². The van der Waals surface area contributed by atoms with Crippen molar-refractivity contribution in [2.45, 2.75) is 31.9 Å². The maximum atomic E-state index is 12.0. The van der Waals surface area contributed by atoms with Gasteiger partial charge in [0.25, 0.3) is 0 Å². The summed E-state index contributed by atoms with van der Waals surface area (Å²) in [7, 11) is -3.66. The van der Waals surface area contributed by atoms with Crippen LogP contribution >= 0.6 is 11.6 Å². The van der Waals surface area contributed by atoms with E-state index >= 15 is 0 Å². The van der Waals surface area contributed by atoms with Crippen molar-refractivity contribution in [3.8, 4) is 5.75 Å². The van der Waals surface area contributed by atoms with E-state index in [4.69, 9.17) is 21.1 Å². The van der Waals surface area contributed by atoms with Gasteiger partial charge in [0.2, 0.25) is 0 Å². The van der Waals surface area contributed by atoms with Crippen LogP contribution in [0.2, 0.25) is 5.02 Å². The first-order chi connectivity index (χ1) is 11.7. The van der Waals surface area contributed by atoms with E-state index in [0.717, 1.165) is 6.26 Å². The number of aromatic nitrogens is 4. The maximum Gasteiger partial charge on any atom is 0.339 e. The van der Waals surface area contributed by atoms with Crippen LogP contribution in [0.1, 0.15) is 36.3 Å². The monoisotopic (exact) mass is 388 g/mol. The predicted molar refractivity (Wildman–Crippen MR) is 88.4 cm³/mol. The lowest BCUT2D eigenvalue weighted by atomic mass is 10.2. The number of hydrogen-bond acceptors (Lipinski definition) is 8. The molecule has 11 heteroatoms. The smallest absolute Gasteiger partial charge is 0.339 e. The third kappa shape index (κ3) is 4.07. The normalized spacial score (nSPS) is 12.7. The van der Waals surface area contributed by atoms with Crippen molar-refractivity contribution >= 4 is 27.4 Å². The van der Waals surface area contributed by atoms with Gasteiger partial charge in [-0.25, -0.2) is 13.2 Å². The Morgan fingerprint density at radius 2 is 2.08 bits per heavy atom. The second-order valence-electron chi connectivity index (χ2n) is 5.13. The largest absolute Gasteiger partial charge is 0.466 e. The predicted octanol–water partition coefficient (Wildman–Crippen LogP) is 1.81. The van der Waals surface area contributed by atoms with Gasteiger partial charge in [-0.05, 0) is 43.3 Å². The highest BCUT2D eigenvalue weighted by molar-refractivity contribution is 7.90. The minimum atomic E-state index is -3.66. The molecule has 9 nitrogen and oxygen atoms in total. The molecule has 0 saturated heterocycles. The number of carbonyl (C=O) groups excluding carboxylic acids is 1. The second-order valence-corrected chi connectivity index (χ2v) is 7.50. The van der Waals surface area contributed by atoms with E-state index in [1.165, 1.54) is 16.8 Å². The van der Waals surface area contributed by atoms with Crippen LogP contribution < -0.4 is 4.74 Å². The molecule has 0 radical (unpaired) electrons. The molecule has 1 atom stereocenters. The van der Waals surface area contributed by atoms with Crippen LogP contribution in [-0.2, 0) is 14.6 Å². The van der Waals surface area contributed by atoms with Crippen LogP contribution in [0.5, 0.6) is 5.75 Å². The first-order valence-corrected chi connectivity index (χ1v) is 9.54. The fourth-order valence-corrected chi connectivity index (χ4v) is 3.25. The Kier molecular flexibility index (Phi) is 5.63.